The van der Waals surface area contributed by atoms with Crippen LogP contribution in [0.5, 0.6) is 0 Å². The predicted octanol–water partition coefficient (Wildman–Crippen LogP) is 3.37. The minimum absolute atomic E-state index is 0.192. The second kappa shape index (κ2) is 5.89. The van der Waals surface area contributed by atoms with Gasteiger partial charge in [0.25, 0.3) is 5.91 Å². The molecule has 4 nitrogen and oxygen atoms in total. The van der Waals surface area contributed by atoms with Crippen LogP contribution in [0, 0.1) is 0 Å². The van der Waals surface area contributed by atoms with Crippen molar-refractivity contribution in [2.24, 2.45) is 0 Å². The lowest BCUT2D eigenvalue weighted by Gasteiger charge is -2.10. The summed E-state index contributed by atoms with van der Waals surface area (Å²) in [5.41, 5.74) is 1.16. The number of hydrogen-bond acceptors (Lipinski definition) is 2. The summed E-state index contributed by atoms with van der Waals surface area (Å²) in [6, 6.07) is 7.17. The van der Waals surface area contributed by atoms with Gasteiger partial charge in [0.2, 0.25) is 0 Å². The van der Waals surface area contributed by atoms with Gasteiger partial charge in [0, 0.05) is 13.0 Å². The van der Waals surface area contributed by atoms with Crippen molar-refractivity contribution in [2.45, 2.75) is 26.8 Å². The van der Waals surface area contributed by atoms with Gasteiger partial charge in [0.15, 0.2) is 0 Å². The minimum atomic E-state index is -0.192. The fourth-order valence-electron chi connectivity index (χ4n) is 1.98. The van der Waals surface area contributed by atoms with Crippen LogP contribution < -0.4 is 5.32 Å². The third kappa shape index (κ3) is 2.79. The molecule has 0 bridgehead atoms. The standard InChI is InChI=1S/C14H16ClN3O/c1-3-13-16-9-12(18(13)4-2)14(19)17-11-8-6-5-7-10(11)15/h5-9H,3-4H2,1-2H3,(H,17,19). The molecule has 5 heteroatoms. The zero-order chi connectivity index (χ0) is 13.8. The molecule has 2 rings (SSSR count). The lowest BCUT2D eigenvalue weighted by molar-refractivity contribution is 0.101. The molecule has 0 saturated heterocycles. The first-order valence-corrected chi connectivity index (χ1v) is 6.65. The van der Waals surface area contributed by atoms with Crippen molar-refractivity contribution in [3.05, 3.63) is 47.0 Å². The van der Waals surface area contributed by atoms with Crippen molar-refractivity contribution in [3.8, 4) is 0 Å². The zero-order valence-corrected chi connectivity index (χ0v) is 11.7. The maximum Gasteiger partial charge on any atom is 0.273 e. The number of benzene rings is 1. The first-order valence-electron chi connectivity index (χ1n) is 6.27. The number of aryl methyl sites for hydroxylation is 1. The number of nitrogens with one attached hydrogen (secondary N) is 1. The molecule has 1 aromatic carbocycles. The Bertz CT molecular complexity index is 592. The number of halogens is 1. The van der Waals surface area contributed by atoms with Crippen LogP contribution in [0.1, 0.15) is 30.2 Å². The third-order valence-electron chi connectivity index (χ3n) is 2.93. The Morgan fingerprint density at radius 3 is 2.74 bits per heavy atom. The van der Waals surface area contributed by atoms with Gasteiger partial charge in [-0.3, -0.25) is 4.79 Å². The topological polar surface area (TPSA) is 46.9 Å². The fraction of sp³-hybridized carbons (Fsp3) is 0.286. The van der Waals surface area contributed by atoms with Gasteiger partial charge in [-0.1, -0.05) is 30.7 Å². The highest BCUT2D eigenvalue weighted by atomic mass is 35.5. The number of rotatable bonds is 4. The van der Waals surface area contributed by atoms with Crippen molar-refractivity contribution in [1.29, 1.82) is 0 Å². The molecule has 2 aromatic rings. The van der Waals surface area contributed by atoms with Gasteiger partial charge in [-0.05, 0) is 19.1 Å². The first kappa shape index (κ1) is 13.6. The van der Waals surface area contributed by atoms with Crippen LogP contribution in [-0.2, 0) is 13.0 Å². The molecule has 0 fully saturated rings. The quantitative estimate of drug-likeness (QED) is 0.931. The molecule has 100 valence electrons. The number of para-hydroxylation sites is 1. The van der Waals surface area contributed by atoms with Crippen molar-refractivity contribution in [3.63, 3.8) is 0 Å². The van der Waals surface area contributed by atoms with E-state index in [1.54, 1.807) is 18.3 Å². The smallest absolute Gasteiger partial charge is 0.273 e. The van der Waals surface area contributed by atoms with Crippen LogP contribution in [0.4, 0.5) is 5.69 Å². The van der Waals surface area contributed by atoms with Crippen LogP contribution in [0.3, 0.4) is 0 Å². The Kier molecular flexibility index (Phi) is 4.22. The Labute approximate surface area is 117 Å². The highest BCUT2D eigenvalue weighted by Crippen LogP contribution is 2.21. The summed E-state index contributed by atoms with van der Waals surface area (Å²) in [6.07, 6.45) is 2.40. The number of aromatic nitrogens is 2. The van der Waals surface area contributed by atoms with E-state index in [0.29, 0.717) is 22.9 Å². The summed E-state index contributed by atoms with van der Waals surface area (Å²) in [5, 5.41) is 3.33. The van der Waals surface area contributed by atoms with E-state index < -0.39 is 0 Å². The van der Waals surface area contributed by atoms with E-state index in [1.807, 2.05) is 30.5 Å². The monoisotopic (exact) mass is 277 g/mol. The molecule has 0 aliphatic carbocycles. The first-order chi connectivity index (χ1) is 9.17. The van der Waals surface area contributed by atoms with Gasteiger partial charge in [-0.2, -0.15) is 0 Å². The number of anilines is 1. The van der Waals surface area contributed by atoms with Crippen LogP contribution >= 0.6 is 11.6 Å². The maximum atomic E-state index is 12.2. The average Bonchev–Trinajstić information content (AvgIpc) is 2.84. The minimum Gasteiger partial charge on any atom is -0.324 e. The van der Waals surface area contributed by atoms with Crippen molar-refractivity contribution in [2.75, 3.05) is 5.32 Å². The summed E-state index contributed by atoms with van der Waals surface area (Å²) < 4.78 is 1.91. The molecule has 0 aliphatic heterocycles. The molecule has 1 amide bonds. The van der Waals surface area contributed by atoms with E-state index in [0.717, 1.165) is 12.2 Å². The van der Waals surface area contributed by atoms with Gasteiger partial charge < -0.3 is 9.88 Å². The maximum absolute atomic E-state index is 12.2. The molecule has 0 spiro atoms. The van der Waals surface area contributed by atoms with Gasteiger partial charge in [-0.15, -0.1) is 0 Å². The third-order valence-corrected chi connectivity index (χ3v) is 3.25. The zero-order valence-electron chi connectivity index (χ0n) is 11.0. The molecule has 1 heterocycles. The van der Waals surface area contributed by atoms with Crippen molar-refractivity contribution < 1.29 is 4.79 Å². The lowest BCUT2D eigenvalue weighted by atomic mass is 10.3. The molecule has 1 N–H and O–H groups in total. The van der Waals surface area contributed by atoms with Gasteiger partial charge in [0.1, 0.15) is 11.5 Å². The molecule has 1 aromatic heterocycles. The van der Waals surface area contributed by atoms with E-state index in [2.05, 4.69) is 10.3 Å². The number of hydrogen-bond donors (Lipinski definition) is 1. The molecule has 0 atom stereocenters. The van der Waals surface area contributed by atoms with Crippen molar-refractivity contribution in [1.82, 2.24) is 9.55 Å². The summed E-state index contributed by atoms with van der Waals surface area (Å²) >= 11 is 6.02. The Morgan fingerprint density at radius 2 is 2.11 bits per heavy atom. The summed E-state index contributed by atoms with van der Waals surface area (Å²) in [5.74, 6) is 0.717. The largest absolute Gasteiger partial charge is 0.324 e. The van der Waals surface area contributed by atoms with Crippen LogP contribution in [-0.4, -0.2) is 15.5 Å². The molecule has 0 unspecified atom stereocenters. The summed E-state index contributed by atoms with van der Waals surface area (Å²) in [6.45, 7) is 4.73. The van der Waals surface area contributed by atoms with Gasteiger partial charge in [-0.25, -0.2) is 4.98 Å². The van der Waals surface area contributed by atoms with Crippen molar-refractivity contribution >= 4 is 23.2 Å². The SMILES string of the molecule is CCc1ncc(C(=O)Nc2ccccc2Cl)n1CC. The second-order valence-corrected chi connectivity index (χ2v) is 4.50. The van der Waals surface area contributed by atoms with Gasteiger partial charge >= 0.3 is 0 Å². The molecule has 19 heavy (non-hydrogen) atoms. The van der Waals surface area contributed by atoms with Crippen LogP contribution in [0.2, 0.25) is 5.02 Å². The predicted molar refractivity (Wildman–Crippen MR) is 76.7 cm³/mol. The van der Waals surface area contributed by atoms with E-state index >= 15 is 0 Å². The fourth-order valence-corrected chi connectivity index (χ4v) is 2.16. The number of nitrogens with zero attached hydrogens (tertiary/aromatic N) is 2. The molecular weight excluding hydrogens is 262 g/mol. The summed E-state index contributed by atoms with van der Waals surface area (Å²) in [4.78, 5) is 16.5. The Morgan fingerprint density at radius 1 is 1.37 bits per heavy atom. The Balaban J connectivity index is 2.26. The van der Waals surface area contributed by atoms with E-state index in [1.165, 1.54) is 0 Å². The van der Waals surface area contributed by atoms with E-state index in [9.17, 15) is 4.79 Å². The second-order valence-electron chi connectivity index (χ2n) is 4.09. The van der Waals surface area contributed by atoms with Crippen LogP contribution in [0.15, 0.2) is 30.5 Å². The molecule has 0 radical (unpaired) electrons. The van der Waals surface area contributed by atoms with E-state index in [4.69, 9.17) is 11.6 Å². The van der Waals surface area contributed by atoms with E-state index in [-0.39, 0.29) is 5.91 Å². The average molecular weight is 278 g/mol. The summed E-state index contributed by atoms with van der Waals surface area (Å²) in [7, 11) is 0. The molecular formula is C14H16ClN3O. The highest BCUT2D eigenvalue weighted by molar-refractivity contribution is 6.33. The number of imidazole rings is 1. The Hall–Kier alpha value is -1.81. The van der Waals surface area contributed by atoms with Gasteiger partial charge in [0.05, 0.1) is 16.9 Å². The molecule has 0 saturated carbocycles. The highest BCUT2D eigenvalue weighted by Gasteiger charge is 2.15. The number of carbonyl (C=O) groups excluding carboxylic acids is 1. The number of carbonyl (C=O) groups is 1. The molecule has 0 aliphatic rings. The normalized spacial score (nSPS) is 10.5. The van der Waals surface area contributed by atoms with Crippen LogP contribution in [0.25, 0.3) is 0 Å². The lowest BCUT2D eigenvalue weighted by Crippen LogP contribution is -2.17. The number of amides is 1.